The van der Waals surface area contributed by atoms with Gasteiger partial charge in [-0.1, -0.05) is 78.9 Å². The summed E-state index contributed by atoms with van der Waals surface area (Å²) in [4.78, 5) is 24.9. The molecule has 3 aromatic rings. The number of esters is 1. The minimum absolute atomic E-state index is 0.322. The second-order valence-electron chi connectivity index (χ2n) is 6.57. The summed E-state index contributed by atoms with van der Waals surface area (Å²) < 4.78 is 5.41. The fourth-order valence-corrected chi connectivity index (χ4v) is 2.90. The normalized spacial score (nSPS) is 11.5. The largest absolute Gasteiger partial charge is 0.449 e. The van der Waals surface area contributed by atoms with Gasteiger partial charge in [0.15, 0.2) is 6.10 Å². The van der Waals surface area contributed by atoms with Crippen LogP contribution in [0.5, 0.6) is 0 Å². The van der Waals surface area contributed by atoms with Crippen LogP contribution in [-0.4, -0.2) is 18.0 Å². The average molecular weight is 373 g/mol. The van der Waals surface area contributed by atoms with Crippen molar-refractivity contribution in [1.82, 2.24) is 5.32 Å². The van der Waals surface area contributed by atoms with E-state index in [0.717, 1.165) is 16.7 Å². The average Bonchev–Trinajstić information content (AvgIpc) is 2.73. The van der Waals surface area contributed by atoms with Crippen molar-refractivity contribution in [3.05, 3.63) is 107 Å². The topological polar surface area (TPSA) is 55.4 Å². The van der Waals surface area contributed by atoms with Crippen molar-refractivity contribution >= 4 is 11.9 Å². The number of ether oxygens (including phenoxy) is 1. The van der Waals surface area contributed by atoms with Crippen LogP contribution in [0.3, 0.4) is 0 Å². The third kappa shape index (κ3) is 5.30. The van der Waals surface area contributed by atoms with E-state index in [-0.39, 0.29) is 5.91 Å². The smallest absolute Gasteiger partial charge is 0.339 e. The molecule has 0 bridgehead atoms. The lowest BCUT2D eigenvalue weighted by atomic mass is 10.00. The monoisotopic (exact) mass is 373 g/mol. The number of nitrogens with one attached hydrogen (secondary N) is 1. The number of amides is 1. The first-order valence-electron chi connectivity index (χ1n) is 9.28. The molecule has 1 amide bonds. The number of carbonyl (C=O) groups excluding carboxylic acids is 2. The molecule has 3 rings (SSSR count). The standard InChI is InChI=1S/C24H23NO3/c1-18(23(26)25-17-20-12-6-3-7-13-20)28-24(27)22-15-9-8-14-21(22)16-19-10-4-2-5-11-19/h2-15,18H,16-17H2,1H3,(H,25,26)/t18-/m0/s1. The number of carbonyl (C=O) groups is 2. The van der Waals surface area contributed by atoms with Crippen LogP contribution in [0.4, 0.5) is 0 Å². The molecule has 0 spiro atoms. The van der Waals surface area contributed by atoms with Crippen molar-refractivity contribution in [3.63, 3.8) is 0 Å². The zero-order valence-electron chi connectivity index (χ0n) is 15.8. The summed E-state index contributed by atoms with van der Waals surface area (Å²) in [5.41, 5.74) is 3.45. The zero-order valence-corrected chi connectivity index (χ0v) is 15.8. The van der Waals surface area contributed by atoms with Crippen LogP contribution in [0.25, 0.3) is 0 Å². The Morgan fingerprint density at radius 3 is 2.07 bits per heavy atom. The molecule has 0 heterocycles. The predicted octanol–water partition coefficient (Wildman–Crippen LogP) is 4.14. The van der Waals surface area contributed by atoms with Gasteiger partial charge in [0, 0.05) is 6.54 Å². The molecule has 0 aliphatic rings. The van der Waals surface area contributed by atoms with E-state index in [1.807, 2.05) is 72.8 Å². The second-order valence-corrected chi connectivity index (χ2v) is 6.57. The summed E-state index contributed by atoms with van der Waals surface area (Å²) in [6.07, 6.45) is -0.248. The van der Waals surface area contributed by atoms with E-state index in [9.17, 15) is 9.59 Å². The van der Waals surface area contributed by atoms with Crippen LogP contribution in [0.1, 0.15) is 34.0 Å². The van der Waals surface area contributed by atoms with Gasteiger partial charge in [0.2, 0.25) is 0 Å². The molecular weight excluding hydrogens is 350 g/mol. The summed E-state index contributed by atoms with van der Waals surface area (Å²) in [5, 5.41) is 2.79. The van der Waals surface area contributed by atoms with Gasteiger partial charge in [0.05, 0.1) is 5.56 Å². The lowest BCUT2D eigenvalue weighted by Crippen LogP contribution is -2.35. The minimum Gasteiger partial charge on any atom is -0.449 e. The van der Waals surface area contributed by atoms with Gasteiger partial charge in [-0.2, -0.15) is 0 Å². The molecule has 1 atom stereocenters. The molecule has 0 aliphatic heterocycles. The highest BCUT2D eigenvalue weighted by molar-refractivity contribution is 5.93. The SMILES string of the molecule is C[C@H](OC(=O)c1ccccc1Cc1ccccc1)C(=O)NCc1ccccc1. The molecule has 0 saturated heterocycles. The maximum Gasteiger partial charge on any atom is 0.339 e. The van der Waals surface area contributed by atoms with E-state index >= 15 is 0 Å². The molecular formula is C24H23NO3. The second kappa shape index (κ2) is 9.51. The van der Waals surface area contributed by atoms with E-state index in [1.165, 1.54) is 0 Å². The molecule has 0 unspecified atom stereocenters. The van der Waals surface area contributed by atoms with Gasteiger partial charge in [-0.15, -0.1) is 0 Å². The highest BCUT2D eigenvalue weighted by Gasteiger charge is 2.20. The first kappa shape index (κ1) is 19.4. The van der Waals surface area contributed by atoms with Crippen LogP contribution >= 0.6 is 0 Å². The molecule has 0 radical (unpaired) electrons. The molecule has 0 aliphatic carbocycles. The number of hydrogen-bond acceptors (Lipinski definition) is 3. The third-order valence-electron chi connectivity index (χ3n) is 4.44. The Hall–Kier alpha value is -3.40. The molecule has 142 valence electrons. The van der Waals surface area contributed by atoms with Crippen LogP contribution in [0.2, 0.25) is 0 Å². The van der Waals surface area contributed by atoms with Crippen molar-refractivity contribution < 1.29 is 14.3 Å². The summed E-state index contributed by atoms with van der Waals surface area (Å²) in [7, 11) is 0. The van der Waals surface area contributed by atoms with Gasteiger partial charge in [0.25, 0.3) is 5.91 Å². The van der Waals surface area contributed by atoms with Crippen molar-refractivity contribution in [2.24, 2.45) is 0 Å². The van der Waals surface area contributed by atoms with Crippen LogP contribution in [-0.2, 0) is 22.5 Å². The summed E-state index contributed by atoms with van der Waals surface area (Å²) in [5.74, 6) is -0.813. The molecule has 4 nitrogen and oxygen atoms in total. The molecule has 4 heteroatoms. The third-order valence-corrected chi connectivity index (χ3v) is 4.44. The Kier molecular flexibility index (Phi) is 6.58. The molecule has 3 aromatic carbocycles. The maximum atomic E-state index is 12.6. The lowest BCUT2D eigenvalue weighted by molar-refractivity contribution is -0.129. The Labute approximate surface area is 165 Å². The molecule has 1 N–H and O–H groups in total. The summed E-state index contributed by atoms with van der Waals surface area (Å²) in [6.45, 7) is 1.98. The fourth-order valence-electron chi connectivity index (χ4n) is 2.90. The molecule has 0 aromatic heterocycles. The number of rotatable bonds is 7. The molecule has 0 fully saturated rings. The zero-order chi connectivity index (χ0) is 19.8. The van der Waals surface area contributed by atoms with Crippen LogP contribution < -0.4 is 5.32 Å². The first-order chi connectivity index (χ1) is 13.6. The number of hydrogen-bond donors (Lipinski definition) is 1. The van der Waals surface area contributed by atoms with Gasteiger partial charge in [-0.05, 0) is 36.1 Å². The van der Waals surface area contributed by atoms with E-state index in [4.69, 9.17) is 4.74 Å². The van der Waals surface area contributed by atoms with E-state index in [0.29, 0.717) is 18.5 Å². The maximum absolute atomic E-state index is 12.6. The van der Waals surface area contributed by atoms with E-state index < -0.39 is 12.1 Å². The van der Waals surface area contributed by atoms with Crippen LogP contribution in [0.15, 0.2) is 84.9 Å². The minimum atomic E-state index is -0.874. The fraction of sp³-hybridized carbons (Fsp3) is 0.167. The Balaban J connectivity index is 1.61. The van der Waals surface area contributed by atoms with E-state index in [2.05, 4.69) is 5.32 Å². The Morgan fingerprint density at radius 2 is 1.39 bits per heavy atom. The van der Waals surface area contributed by atoms with Crippen molar-refractivity contribution in [3.8, 4) is 0 Å². The van der Waals surface area contributed by atoms with Crippen LogP contribution in [0, 0.1) is 0 Å². The highest BCUT2D eigenvalue weighted by Crippen LogP contribution is 2.16. The van der Waals surface area contributed by atoms with Crippen molar-refractivity contribution in [2.75, 3.05) is 0 Å². The lowest BCUT2D eigenvalue weighted by Gasteiger charge is -2.15. The molecule has 28 heavy (non-hydrogen) atoms. The molecule has 0 saturated carbocycles. The number of benzene rings is 3. The van der Waals surface area contributed by atoms with Gasteiger partial charge in [-0.3, -0.25) is 4.79 Å². The van der Waals surface area contributed by atoms with Gasteiger partial charge < -0.3 is 10.1 Å². The Bertz CT molecular complexity index is 923. The Morgan fingerprint density at radius 1 is 0.821 bits per heavy atom. The van der Waals surface area contributed by atoms with Gasteiger partial charge in [0.1, 0.15) is 0 Å². The quantitative estimate of drug-likeness (QED) is 0.633. The van der Waals surface area contributed by atoms with Gasteiger partial charge in [-0.25, -0.2) is 4.79 Å². The predicted molar refractivity (Wildman–Crippen MR) is 109 cm³/mol. The first-order valence-corrected chi connectivity index (χ1v) is 9.28. The van der Waals surface area contributed by atoms with Gasteiger partial charge >= 0.3 is 5.97 Å². The van der Waals surface area contributed by atoms with E-state index in [1.54, 1.807) is 19.1 Å². The van der Waals surface area contributed by atoms with Crippen molar-refractivity contribution in [1.29, 1.82) is 0 Å². The summed E-state index contributed by atoms with van der Waals surface area (Å²) >= 11 is 0. The highest BCUT2D eigenvalue weighted by atomic mass is 16.5. The summed E-state index contributed by atoms with van der Waals surface area (Å²) in [6, 6.07) is 26.8. The van der Waals surface area contributed by atoms with Crippen molar-refractivity contribution in [2.45, 2.75) is 26.0 Å².